The molecule has 4 rings (SSSR count). The average Bonchev–Trinajstić information content (AvgIpc) is 2.71. The van der Waals surface area contributed by atoms with Crippen LogP contribution in [-0.4, -0.2) is 76.9 Å². The number of benzene rings is 1. The number of carbonyl (C=O) groups is 2. The predicted octanol–water partition coefficient (Wildman–Crippen LogP) is 0.590. The minimum Gasteiger partial charge on any atom is -0.510 e. The van der Waals surface area contributed by atoms with Gasteiger partial charge in [0.05, 0.1) is 22.9 Å². The highest BCUT2D eigenvalue weighted by Crippen LogP contribution is 2.54. The van der Waals surface area contributed by atoms with Gasteiger partial charge in [0.15, 0.2) is 5.78 Å². The van der Waals surface area contributed by atoms with Crippen LogP contribution in [-0.2, 0) is 11.2 Å². The monoisotopic (exact) mass is 458 g/mol. The van der Waals surface area contributed by atoms with E-state index in [1.54, 1.807) is 44.1 Å². The summed E-state index contributed by atoms with van der Waals surface area (Å²) in [6, 6.07) is 0.811. The molecule has 0 bridgehead atoms. The number of carbonyl (C=O) groups excluding carboxylic acids is 2. The van der Waals surface area contributed by atoms with E-state index in [1.165, 1.54) is 0 Å². The zero-order valence-electron chi connectivity index (χ0n) is 19.1. The molecule has 1 aromatic rings. The molecule has 0 saturated heterocycles. The van der Waals surface area contributed by atoms with Crippen LogP contribution >= 0.6 is 0 Å². The fraction of sp³-hybridized carbons (Fsp3) is 0.478. The van der Waals surface area contributed by atoms with Crippen LogP contribution in [0.1, 0.15) is 28.8 Å². The fourth-order valence-corrected chi connectivity index (χ4v) is 5.80. The lowest BCUT2D eigenvalue weighted by molar-refractivity contribution is -0.118. The number of hydrogen-bond donors (Lipinski definition) is 6. The molecule has 3 aliphatic rings. The highest BCUT2D eigenvalue weighted by Gasteiger charge is 2.58. The first-order valence-electron chi connectivity index (χ1n) is 10.7. The van der Waals surface area contributed by atoms with E-state index < -0.39 is 47.3 Å². The van der Waals surface area contributed by atoms with E-state index in [4.69, 9.17) is 11.5 Å². The summed E-state index contributed by atoms with van der Waals surface area (Å²) in [6.45, 7) is 0. The summed E-state index contributed by atoms with van der Waals surface area (Å²) in [5, 5.41) is 44.4. The van der Waals surface area contributed by atoms with E-state index in [9.17, 15) is 30.0 Å². The number of anilines is 2. The molecule has 10 nitrogen and oxygen atoms in total. The van der Waals surface area contributed by atoms with E-state index in [2.05, 4.69) is 0 Å². The maximum Gasteiger partial charge on any atom is 0.248 e. The molecule has 0 heterocycles. The lowest BCUT2D eigenvalue weighted by Gasteiger charge is -2.51. The molecule has 8 N–H and O–H groups in total. The van der Waals surface area contributed by atoms with Crippen molar-refractivity contribution < 1.29 is 30.0 Å². The Hall–Kier alpha value is -3.24. The van der Waals surface area contributed by atoms with Gasteiger partial charge in [-0.1, -0.05) is 0 Å². The summed E-state index contributed by atoms with van der Waals surface area (Å²) in [4.78, 5) is 29.1. The molecule has 0 aliphatic heterocycles. The largest absolute Gasteiger partial charge is 0.510 e. The second kappa shape index (κ2) is 7.39. The maximum atomic E-state index is 13.6. The Morgan fingerprint density at radius 3 is 2.36 bits per heavy atom. The number of nitrogen functional groups attached to an aromatic ring is 1. The lowest BCUT2D eigenvalue weighted by Crippen LogP contribution is -2.59. The molecule has 0 saturated carbocycles. The number of phenols is 1. The number of allylic oxidation sites excluding steroid dienone is 1. The maximum absolute atomic E-state index is 13.6. The molecule has 0 radical (unpaired) electrons. The predicted molar refractivity (Wildman–Crippen MR) is 122 cm³/mol. The molecule has 4 unspecified atom stereocenters. The zero-order valence-corrected chi connectivity index (χ0v) is 19.1. The van der Waals surface area contributed by atoms with Crippen LogP contribution in [0.4, 0.5) is 11.4 Å². The first kappa shape index (κ1) is 22.9. The van der Waals surface area contributed by atoms with Crippen molar-refractivity contribution in [2.45, 2.75) is 30.9 Å². The topological polar surface area (TPSA) is 174 Å². The van der Waals surface area contributed by atoms with Crippen LogP contribution in [0.25, 0.3) is 0 Å². The summed E-state index contributed by atoms with van der Waals surface area (Å²) < 4.78 is 0. The molecule has 1 aromatic carbocycles. The number of amides is 1. The van der Waals surface area contributed by atoms with Gasteiger partial charge in [0.2, 0.25) is 5.91 Å². The number of nitrogens with two attached hydrogens (primary N) is 2. The molecular weight excluding hydrogens is 428 g/mol. The van der Waals surface area contributed by atoms with Gasteiger partial charge in [-0.2, -0.15) is 0 Å². The molecule has 0 aromatic heterocycles. The zero-order chi connectivity index (χ0) is 24.6. The highest BCUT2D eigenvalue weighted by molar-refractivity contribution is 6.15. The second-order valence-corrected chi connectivity index (χ2v) is 9.65. The normalized spacial score (nSPS) is 29.0. The minimum absolute atomic E-state index is 0.00503. The molecule has 1 amide bonds. The molecular formula is C23H30N4O6. The van der Waals surface area contributed by atoms with Crippen molar-refractivity contribution in [2.75, 3.05) is 38.8 Å². The number of phenolic OH excluding ortho intramolecular Hbond substituents is 1. The van der Waals surface area contributed by atoms with Gasteiger partial charge in [-0.05, 0) is 44.5 Å². The second-order valence-electron chi connectivity index (χ2n) is 9.65. The SMILES string of the molecule is CN(C)c1cc(N)c(O)c2c1CC1CC3C(N(C)C)C(O)=C(C(N)=O)CC3(O)C(O)=C1C2=O. The van der Waals surface area contributed by atoms with Crippen LogP contribution < -0.4 is 16.4 Å². The Kier molecular flexibility index (Phi) is 5.14. The Morgan fingerprint density at radius 2 is 1.82 bits per heavy atom. The molecule has 4 atom stereocenters. The van der Waals surface area contributed by atoms with Crippen molar-refractivity contribution in [3.63, 3.8) is 0 Å². The number of hydrogen-bond acceptors (Lipinski definition) is 9. The van der Waals surface area contributed by atoms with Gasteiger partial charge >= 0.3 is 0 Å². The van der Waals surface area contributed by atoms with Gasteiger partial charge in [-0.25, -0.2) is 0 Å². The van der Waals surface area contributed by atoms with Crippen LogP contribution in [0.15, 0.2) is 28.7 Å². The number of ketones is 1. The average molecular weight is 459 g/mol. The van der Waals surface area contributed by atoms with Crippen molar-refractivity contribution in [1.82, 2.24) is 4.90 Å². The number of aliphatic hydroxyl groups excluding tert-OH is 2. The van der Waals surface area contributed by atoms with Crippen LogP contribution in [0, 0.1) is 11.8 Å². The van der Waals surface area contributed by atoms with Crippen molar-refractivity contribution in [2.24, 2.45) is 17.6 Å². The third-order valence-electron chi connectivity index (χ3n) is 7.31. The van der Waals surface area contributed by atoms with Gasteiger partial charge in [0.1, 0.15) is 22.9 Å². The van der Waals surface area contributed by atoms with Crippen LogP contribution in [0.5, 0.6) is 5.75 Å². The molecule has 33 heavy (non-hydrogen) atoms. The number of Topliss-reactive ketones (excluding diaryl/α,β-unsaturated/α-hetero) is 1. The van der Waals surface area contributed by atoms with Gasteiger partial charge in [-0.15, -0.1) is 0 Å². The lowest BCUT2D eigenvalue weighted by atomic mass is 9.59. The van der Waals surface area contributed by atoms with Crippen molar-refractivity contribution in [3.05, 3.63) is 39.9 Å². The number of aliphatic hydroxyl groups is 3. The highest BCUT2D eigenvalue weighted by atomic mass is 16.3. The van der Waals surface area contributed by atoms with Gasteiger partial charge < -0.3 is 36.8 Å². The summed E-state index contributed by atoms with van der Waals surface area (Å²) in [7, 11) is 6.98. The summed E-state index contributed by atoms with van der Waals surface area (Å²) >= 11 is 0. The third kappa shape index (κ3) is 3.08. The molecule has 0 spiro atoms. The van der Waals surface area contributed by atoms with E-state index in [1.807, 2.05) is 0 Å². The third-order valence-corrected chi connectivity index (χ3v) is 7.31. The number of nitrogens with zero attached hydrogens (tertiary/aromatic N) is 2. The number of fused-ring (bicyclic) bond motifs is 3. The fourth-order valence-electron chi connectivity index (χ4n) is 5.80. The molecule has 0 fully saturated rings. The number of primary amides is 1. The molecule has 178 valence electrons. The number of rotatable bonds is 3. The van der Waals surface area contributed by atoms with E-state index in [-0.39, 0.29) is 40.3 Å². The summed E-state index contributed by atoms with van der Waals surface area (Å²) in [5.74, 6) is -3.84. The van der Waals surface area contributed by atoms with Gasteiger partial charge in [-0.3, -0.25) is 14.5 Å². The van der Waals surface area contributed by atoms with Crippen LogP contribution in [0.3, 0.4) is 0 Å². The Labute approximate surface area is 191 Å². The first-order chi connectivity index (χ1) is 15.3. The van der Waals surface area contributed by atoms with E-state index >= 15 is 0 Å². The van der Waals surface area contributed by atoms with Gasteiger partial charge in [0.25, 0.3) is 0 Å². The van der Waals surface area contributed by atoms with Crippen molar-refractivity contribution >= 4 is 23.1 Å². The van der Waals surface area contributed by atoms with Gasteiger partial charge in [0, 0.05) is 37.7 Å². The Balaban J connectivity index is 1.94. The van der Waals surface area contributed by atoms with Crippen molar-refractivity contribution in [1.29, 1.82) is 0 Å². The number of likely N-dealkylation sites (N-methyl/N-ethyl adjacent to an activating group) is 1. The smallest absolute Gasteiger partial charge is 0.248 e. The standard InChI is InChI=1S/C23H30N4O6/c1-26(2)14-7-13(24)19(29)16-10(14)5-9-6-12-17(27(3)4)18(28)11(22(25)32)8-23(12,33)21(31)15(9)20(16)30/h7,9,12,17,28-29,31,33H,5-6,8,24H2,1-4H3,(H2,25,32). The quantitative estimate of drug-likeness (QED) is 0.280. The van der Waals surface area contributed by atoms with Crippen LogP contribution in [0.2, 0.25) is 0 Å². The Morgan fingerprint density at radius 1 is 1.18 bits per heavy atom. The summed E-state index contributed by atoms with van der Waals surface area (Å²) in [6.07, 6.45) is 0.164. The minimum atomic E-state index is -1.98. The first-order valence-corrected chi connectivity index (χ1v) is 10.7. The summed E-state index contributed by atoms with van der Waals surface area (Å²) in [5.41, 5.74) is 10.5. The molecule has 3 aliphatic carbocycles. The van der Waals surface area contributed by atoms with E-state index in [0.717, 1.165) is 0 Å². The van der Waals surface area contributed by atoms with Crippen molar-refractivity contribution in [3.8, 4) is 5.75 Å². The Bertz CT molecular complexity index is 1140. The van der Waals surface area contributed by atoms with E-state index in [0.29, 0.717) is 17.7 Å². The molecule has 10 heteroatoms. The number of aromatic hydroxyl groups is 1.